The van der Waals surface area contributed by atoms with Crippen molar-refractivity contribution in [1.82, 2.24) is 0 Å². The molecule has 0 fully saturated rings. The van der Waals surface area contributed by atoms with Crippen molar-refractivity contribution in [2.24, 2.45) is 0 Å². The van der Waals surface area contributed by atoms with Crippen molar-refractivity contribution >= 4 is 39.2 Å². The molecule has 0 aromatic heterocycles. The topological polar surface area (TPSA) is 38.3 Å². The maximum absolute atomic E-state index is 14.1. The second-order valence-corrected chi connectivity index (χ2v) is 5.54. The van der Waals surface area contributed by atoms with Gasteiger partial charge in [0.15, 0.2) is 6.04 Å². The van der Waals surface area contributed by atoms with E-state index in [-0.39, 0.29) is 10.6 Å². The number of rotatable bonds is 4. The van der Waals surface area contributed by atoms with E-state index in [1.165, 1.54) is 19.2 Å². The van der Waals surface area contributed by atoms with Gasteiger partial charge in [-0.1, -0.05) is 29.8 Å². The molecule has 0 aliphatic rings. The lowest BCUT2D eigenvalue weighted by molar-refractivity contribution is -0.141. The SMILES string of the molecule is COC(=O)C(Nc1ccccc1Br)c1ccc(Cl)cc1F. The first kappa shape index (κ1) is 15.8. The van der Waals surface area contributed by atoms with Crippen molar-refractivity contribution in [2.75, 3.05) is 12.4 Å². The van der Waals surface area contributed by atoms with Gasteiger partial charge in [0.05, 0.1) is 7.11 Å². The Labute approximate surface area is 135 Å². The standard InChI is InChI=1S/C15H12BrClFNO2/c1-21-15(20)14(10-7-6-9(17)8-12(10)18)19-13-5-3-2-4-11(13)16/h2-8,14,19H,1H3. The Morgan fingerprint density at radius 3 is 2.67 bits per heavy atom. The molecule has 110 valence electrons. The number of hydrogen-bond donors (Lipinski definition) is 1. The molecular formula is C15H12BrClFNO2. The molecule has 1 atom stereocenters. The van der Waals surface area contributed by atoms with Crippen LogP contribution >= 0.6 is 27.5 Å². The van der Waals surface area contributed by atoms with E-state index in [4.69, 9.17) is 16.3 Å². The number of halogens is 3. The molecule has 0 heterocycles. The third kappa shape index (κ3) is 3.74. The van der Waals surface area contributed by atoms with E-state index in [1.54, 1.807) is 12.1 Å². The molecule has 0 bridgehead atoms. The van der Waals surface area contributed by atoms with Crippen LogP contribution in [0.3, 0.4) is 0 Å². The Bertz CT molecular complexity index is 666. The highest BCUT2D eigenvalue weighted by molar-refractivity contribution is 9.10. The van der Waals surface area contributed by atoms with Gasteiger partial charge in [-0.2, -0.15) is 0 Å². The summed E-state index contributed by atoms with van der Waals surface area (Å²) in [4.78, 5) is 12.0. The molecule has 0 saturated carbocycles. The molecule has 0 amide bonds. The zero-order valence-corrected chi connectivity index (χ0v) is 13.4. The van der Waals surface area contributed by atoms with Crippen LogP contribution < -0.4 is 5.32 Å². The quantitative estimate of drug-likeness (QED) is 0.799. The lowest BCUT2D eigenvalue weighted by atomic mass is 10.1. The van der Waals surface area contributed by atoms with Crippen molar-refractivity contribution in [3.63, 3.8) is 0 Å². The zero-order valence-electron chi connectivity index (χ0n) is 11.1. The number of para-hydroxylation sites is 1. The van der Waals surface area contributed by atoms with Gasteiger partial charge in [-0.05, 0) is 40.2 Å². The Morgan fingerprint density at radius 2 is 2.05 bits per heavy atom. The molecule has 2 aromatic rings. The molecule has 0 aliphatic heterocycles. The molecule has 2 rings (SSSR count). The van der Waals surface area contributed by atoms with Crippen LogP contribution in [0.4, 0.5) is 10.1 Å². The summed E-state index contributed by atoms with van der Waals surface area (Å²) < 4.78 is 19.6. The van der Waals surface area contributed by atoms with E-state index in [0.717, 1.165) is 10.5 Å². The van der Waals surface area contributed by atoms with Gasteiger partial charge in [0.1, 0.15) is 5.82 Å². The normalized spacial score (nSPS) is 11.8. The molecule has 0 spiro atoms. The third-order valence-electron chi connectivity index (χ3n) is 2.88. The minimum absolute atomic E-state index is 0.169. The van der Waals surface area contributed by atoms with E-state index < -0.39 is 17.8 Å². The lowest BCUT2D eigenvalue weighted by Crippen LogP contribution is -2.23. The molecule has 0 radical (unpaired) electrons. The lowest BCUT2D eigenvalue weighted by Gasteiger charge is -2.19. The number of ether oxygens (including phenoxy) is 1. The van der Waals surface area contributed by atoms with Gasteiger partial charge < -0.3 is 10.1 Å². The number of esters is 1. The van der Waals surface area contributed by atoms with Gasteiger partial charge in [0.2, 0.25) is 0 Å². The molecule has 0 saturated heterocycles. The summed E-state index contributed by atoms with van der Waals surface area (Å²) in [6.45, 7) is 0. The predicted octanol–water partition coefficient (Wildman–Crippen LogP) is 4.57. The molecule has 6 heteroatoms. The number of hydrogen-bond acceptors (Lipinski definition) is 3. The summed E-state index contributed by atoms with van der Waals surface area (Å²) >= 11 is 9.11. The van der Waals surface area contributed by atoms with Gasteiger partial charge in [0.25, 0.3) is 0 Å². The summed E-state index contributed by atoms with van der Waals surface area (Å²) in [6, 6.07) is 10.4. The average molecular weight is 373 g/mol. The van der Waals surface area contributed by atoms with Crippen LogP contribution in [0, 0.1) is 5.82 Å². The van der Waals surface area contributed by atoms with Crippen LogP contribution in [0.1, 0.15) is 11.6 Å². The van der Waals surface area contributed by atoms with Crippen LogP contribution in [0.15, 0.2) is 46.9 Å². The Hall–Kier alpha value is -1.59. The molecule has 1 unspecified atom stereocenters. The molecule has 0 aliphatic carbocycles. The van der Waals surface area contributed by atoms with E-state index in [2.05, 4.69) is 21.2 Å². The second kappa shape index (κ2) is 6.91. The van der Waals surface area contributed by atoms with Gasteiger partial charge >= 0.3 is 5.97 Å². The van der Waals surface area contributed by atoms with E-state index in [1.807, 2.05) is 12.1 Å². The molecule has 21 heavy (non-hydrogen) atoms. The van der Waals surface area contributed by atoms with Crippen molar-refractivity contribution in [3.8, 4) is 0 Å². The first-order chi connectivity index (χ1) is 10.0. The first-order valence-corrected chi connectivity index (χ1v) is 7.24. The third-order valence-corrected chi connectivity index (χ3v) is 3.81. The Balaban J connectivity index is 2.40. The zero-order chi connectivity index (χ0) is 15.4. The van der Waals surface area contributed by atoms with Gasteiger partial charge in [0, 0.05) is 20.7 Å². The second-order valence-electron chi connectivity index (χ2n) is 4.25. The fourth-order valence-corrected chi connectivity index (χ4v) is 2.41. The minimum Gasteiger partial charge on any atom is -0.467 e. The number of nitrogens with one attached hydrogen (secondary N) is 1. The van der Waals surface area contributed by atoms with Gasteiger partial charge in [-0.15, -0.1) is 0 Å². The highest BCUT2D eigenvalue weighted by Crippen LogP contribution is 2.29. The fourth-order valence-electron chi connectivity index (χ4n) is 1.85. The highest BCUT2D eigenvalue weighted by atomic mass is 79.9. The number of methoxy groups -OCH3 is 1. The fraction of sp³-hybridized carbons (Fsp3) is 0.133. The highest BCUT2D eigenvalue weighted by Gasteiger charge is 2.25. The first-order valence-electron chi connectivity index (χ1n) is 6.06. The van der Waals surface area contributed by atoms with Crippen LogP contribution in [0.25, 0.3) is 0 Å². The van der Waals surface area contributed by atoms with E-state index in [0.29, 0.717) is 5.69 Å². The minimum atomic E-state index is -0.967. The smallest absolute Gasteiger partial charge is 0.333 e. The van der Waals surface area contributed by atoms with E-state index >= 15 is 0 Å². The van der Waals surface area contributed by atoms with Crippen LogP contribution in [0.2, 0.25) is 5.02 Å². The largest absolute Gasteiger partial charge is 0.467 e. The summed E-state index contributed by atoms with van der Waals surface area (Å²) in [5.74, 6) is -1.16. The summed E-state index contributed by atoms with van der Waals surface area (Å²) in [5.41, 5.74) is 0.823. The van der Waals surface area contributed by atoms with Crippen molar-refractivity contribution in [1.29, 1.82) is 0 Å². The van der Waals surface area contributed by atoms with Crippen molar-refractivity contribution in [3.05, 3.63) is 63.3 Å². The van der Waals surface area contributed by atoms with Crippen LogP contribution in [-0.4, -0.2) is 13.1 Å². The maximum Gasteiger partial charge on any atom is 0.333 e. The summed E-state index contributed by atoms with van der Waals surface area (Å²) in [5, 5.41) is 3.23. The van der Waals surface area contributed by atoms with Gasteiger partial charge in [-0.25, -0.2) is 9.18 Å². The molecule has 3 nitrogen and oxygen atoms in total. The molecule has 2 aromatic carbocycles. The number of carbonyl (C=O) groups excluding carboxylic acids is 1. The Morgan fingerprint density at radius 1 is 1.33 bits per heavy atom. The van der Waals surface area contributed by atoms with E-state index in [9.17, 15) is 9.18 Å². The number of carbonyl (C=O) groups is 1. The van der Waals surface area contributed by atoms with Crippen molar-refractivity contribution in [2.45, 2.75) is 6.04 Å². The Kier molecular flexibility index (Phi) is 5.20. The average Bonchev–Trinajstić information content (AvgIpc) is 2.46. The number of benzene rings is 2. The number of anilines is 1. The maximum atomic E-state index is 14.1. The summed E-state index contributed by atoms with van der Waals surface area (Å²) in [7, 11) is 1.25. The molecular weight excluding hydrogens is 361 g/mol. The molecule has 1 N–H and O–H groups in total. The van der Waals surface area contributed by atoms with Gasteiger partial charge in [-0.3, -0.25) is 0 Å². The van der Waals surface area contributed by atoms with Crippen LogP contribution in [-0.2, 0) is 9.53 Å². The van der Waals surface area contributed by atoms with Crippen molar-refractivity contribution < 1.29 is 13.9 Å². The predicted molar refractivity (Wildman–Crippen MR) is 83.9 cm³/mol. The monoisotopic (exact) mass is 371 g/mol. The van der Waals surface area contributed by atoms with Crippen LogP contribution in [0.5, 0.6) is 0 Å². The summed E-state index contributed by atoms with van der Waals surface area (Å²) in [6.07, 6.45) is 0.